The Balaban J connectivity index is 2.56. The minimum atomic E-state index is 0.136. The van der Waals surface area contributed by atoms with Gasteiger partial charge in [-0.1, -0.05) is 18.2 Å². The van der Waals surface area contributed by atoms with Crippen LogP contribution in [0.25, 0.3) is 0 Å². The van der Waals surface area contributed by atoms with E-state index in [4.69, 9.17) is 4.74 Å². The molecule has 0 aliphatic carbocycles. The number of carbonyl (C=O) groups is 1. The van der Waals surface area contributed by atoms with Crippen molar-refractivity contribution in [2.24, 2.45) is 0 Å². The third kappa shape index (κ3) is 3.43. The van der Waals surface area contributed by atoms with Crippen molar-refractivity contribution >= 4 is 5.78 Å². The highest BCUT2D eigenvalue weighted by molar-refractivity contribution is 5.99. The maximum Gasteiger partial charge on any atom is 0.176 e. The first-order valence-corrected chi connectivity index (χ1v) is 5.46. The Labute approximate surface area is 96.8 Å². The third-order valence-corrected chi connectivity index (χ3v) is 2.67. The van der Waals surface area contributed by atoms with Crippen LogP contribution in [0.3, 0.4) is 0 Å². The molecule has 1 aromatic carbocycles. The van der Waals surface area contributed by atoms with E-state index in [9.17, 15) is 4.79 Å². The highest BCUT2D eigenvalue weighted by Gasteiger charge is 2.09. The summed E-state index contributed by atoms with van der Waals surface area (Å²) in [4.78, 5) is 11.9. The summed E-state index contributed by atoms with van der Waals surface area (Å²) in [5, 5.41) is 3.06. The van der Waals surface area contributed by atoms with Crippen molar-refractivity contribution in [3.05, 3.63) is 34.9 Å². The number of methoxy groups -OCH3 is 1. The molecule has 1 N–H and O–H groups in total. The van der Waals surface area contributed by atoms with Gasteiger partial charge in [0.25, 0.3) is 0 Å². The SMILES string of the molecule is COCCNCC(=O)c1cccc(C)c1C. The van der Waals surface area contributed by atoms with E-state index in [2.05, 4.69) is 5.32 Å². The lowest BCUT2D eigenvalue weighted by molar-refractivity contribution is 0.0987. The summed E-state index contributed by atoms with van der Waals surface area (Å²) in [6.07, 6.45) is 0. The van der Waals surface area contributed by atoms with Crippen LogP contribution in [-0.4, -0.2) is 32.6 Å². The number of hydrogen-bond donors (Lipinski definition) is 1. The van der Waals surface area contributed by atoms with Crippen LogP contribution in [0.1, 0.15) is 21.5 Å². The number of nitrogens with one attached hydrogen (secondary N) is 1. The van der Waals surface area contributed by atoms with Gasteiger partial charge in [0, 0.05) is 19.2 Å². The molecule has 0 heterocycles. The van der Waals surface area contributed by atoms with Crippen LogP contribution in [0, 0.1) is 13.8 Å². The van der Waals surface area contributed by atoms with E-state index >= 15 is 0 Å². The average molecular weight is 221 g/mol. The molecule has 88 valence electrons. The Morgan fingerprint density at radius 2 is 2.12 bits per heavy atom. The molecule has 0 aromatic heterocycles. The van der Waals surface area contributed by atoms with Crippen molar-refractivity contribution in [2.75, 3.05) is 26.8 Å². The molecule has 0 unspecified atom stereocenters. The van der Waals surface area contributed by atoms with E-state index in [0.717, 1.165) is 16.7 Å². The summed E-state index contributed by atoms with van der Waals surface area (Å²) in [7, 11) is 1.65. The van der Waals surface area contributed by atoms with E-state index < -0.39 is 0 Å². The molecular weight excluding hydrogens is 202 g/mol. The van der Waals surface area contributed by atoms with Gasteiger partial charge in [-0.25, -0.2) is 0 Å². The Morgan fingerprint density at radius 3 is 2.81 bits per heavy atom. The molecule has 0 saturated heterocycles. The molecule has 3 heteroatoms. The molecule has 0 aliphatic rings. The van der Waals surface area contributed by atoms with Gasteiger partial charge in [-0.2, -0.15) is 0 Å². The van der Waals surface area contributed by atoms with Gasteiger partial charge < -0.3 is 10.1 Å². The second kappa shape index (κ2) is 6.40. The zero-order valence-electron chi connectivity index (χ0n) is 10.2. The molecule has 16 heavy (non-hydrogen) atoms. The lowest BCUT2D eigenvalue weighted by Crippen LogP contribution is -2.26. The molecule has 0 bridgehead atoms. The van der Waals surface area contributed by atoms with Gasteiger partial charge >= 0.3 is 0 Å². The van der Waals surface area contributed by atoms with Crippen molar-refractivity contribution in [3.8, 4) is 0 Å². The predicted molar refractivity (Wildman–Crippen MR) is 65.0 cm³/mol. The summed E-state index contributed by atoms with van der Waals surface area (Å²) in [5.41, 5.74) is 3.04. The summed E-state index contributed by atoms with van der Waals surface area (Å²) in [5.74, 6) is 0.136. The fourth-order valence-corrected chi connectivity index (χ4v) is 1.52. The normalized spacial score (nSPS) is 10.4. The number of ether oxygens (including phenoxy) is 1. The lowest BCUT2D eigenvalue weighted by atomic mass is 10.0. The van der Waals surface area contributed by atoms with E-state index in [-0.39, 0.29) is 5.78 Å². The van der Waals surface area contributed by atoms with Gasteiger partial charge in [-0.15, -0.1) is 0 Å². The van der Waals surface area contributed by atoms with Crippen LogP contribution < -0.4 is 5.32 Å². The van der Waals surface area contributed by atoms with Gasteiger partial charge in [-0.3, -0.25) is 4.79 Å². The van der Waals surface area contributed by atoms with Gasteiger partial charge in [0.05, 0.1) is 13.2 Å². The molecule has 0 saturated carbocycles. The fourth-order valence-electron chi connectivity index (χ4n) is 1.52. The predicted octanol–water partition coefficient (Wildman–Crippen LogP) is 1.72. The zero-order chi connectivity index (χ0) is 12.0. The van der Waals surface area contributed by atoms with E-state index in [1.54, 1.807) is 7.11 Å². The molecule has 0 atom stereocenters. The molecule has 0 spiro atoms. The number of benzene rings is 1. The molecule has 1 rings (SSSR count). The van der Waals surface area contributed by atoms with Crippen LogP contribution in [0.4, 0.5) is 0 Å². The fraction of sp³-hybridized carbons (Fsp3) is 0.462. The van der Waals surface area contributed by atoms with Crippen molar-refractivity contribution in [3.63, 3.8) is 0 Å². The molecule has 0 radical (unpaired) electrons. The maximum absolute atomic E-state index is 11.9. The van der Waals surface area contributed by atoms with Gasteiger partial charge in [-0.05, 0) is 25.0 Å². The number of Topliss-reactive ketones (excluding diaryl/α,β-unsaturated/α-hetero) is 1. The summed E-state index contributed by atoms with van der Waals surface area (Å²) in [6.45, 7) is 5.70. The van der Waals surface area contributed by atoms with Crippen molar-refractivity contribution in [1.29, 1.82) is 0 Å². The molecule has 0 aliphatic heterocycles. The number of aryl methyl sites for hydroxylation is 1. The van der Waals surface area contributed by atoms with Crippen LogP contribution >= 0.6 is 0 Å². The Hall–Kier alpha value is -1.19. The summed E-state index contributed by atoms with van der Waals surface area (Å²) < 4.78 is 4.90. The first kappa shape index (κ1) is 12.9. The molecule has 0 amide bonds. The first-order valence-electron chi connectivity index (χ1n) is 5.46. The second-order valence-electron chi connectivity index (χ2n) is 3.84. The number of rotatable bonds is 6. The second-order valence-corrected chi connectivity index (χ2v) is 3.84. The molecule has 1 aromatic rings. The topological polar surface area (TPSA) is 38.3 Å². The standard InChI is InChI=1S/C13H19NO2/c1-10-5-4-6-12(11(10)2)13(15)9-14-7-8-16-3/h4-6,14H,7-9H2,1-3H3. The van der Waals surface area contributed by atoms with Gasteiger partial charge in [0.15, 0.2) is 5.78 Å². The largest absolute Gasteiger partial charge is 0.383 e. The minimum absolute atomic E-state index is 0.136. The summed E-state index contributed by atoms with van der Waals surface area (Å²) >= 11 is 0. The Kier molecular flexibility index (Phi) is 5.15. The third-order valence-electron chi connectivity index (χ3n) is 2.67. The van der Waals surface area contributed by atoms with Crippen LogP contribution in [0.5, 0.6) is 0 Å². The lowest BCUT2D eigenvalue weighted by Gasteiger charge is -2.08. The minimum Gasteiger partial charge on any atom is -0.383 e. The number of ketones is 1. The Bertz CT molecular complexity index is 361. The maximum atomic E-state index is 11.9. The van der Waals surface area contributed by atoms with Gasteiger partial charge in [0.2, 0.25) is 0 Å². The van der Waals surface area contributed by atoms with E-state index in [1.165, 1.54) is 0 Å². The smallest absolute Gasteiger partial charge is 0.176 e. The Morgan fingerprint density at radius 1 is 1.38 bits per heavy atom. The average Bonchev–Trinajstić information content (AvgIpc) is 2.28. The zero-order valence-corrected chi connectivity index (χ0v) is 10.2. The number of hydrogen-bond acceptors (Lipinski definition) is 3. The highest BCUT2D eigenvalue weighted by atomic mass is 16.5. The van der Waals surface area contributed by atoms with E-state index in [0.29, 0.717) is 19.7 Å². The molecule has 0 fully saturated rings. The first-order chi connectivity index (χ1) is 7.66. The van der Waals surface area contributed by atoms with Crippen LogP contribution in [-0.2, 0) is 4.74 Å². The van der Waals surface area contributed by atoms with Crippen molar-refractivity contribution < 1.29 is 9.53 Å². The van der Waals surface area contributed by atoms with Gasteiger partial charge in [0.1, 0.15) is 0 Å². The van der Waals surface area contributed by atoms with Crippen LogP contribution in [0.2, 0.25) is 0 Å². The number of carbonyl (C=O) groups excluding carboxylic acids is 1. The molecule has 3 nitrogen and oxygen atoms in total. The van der Waals surface area contributed by atoms with Crippen LogP contribution in [0.15, 0.2) is 18.2 Å². The molecular formula is C13H19NO2. The van der Waals surface area contributed by atoms with Crippen molar-refractivity contribution in [2.45, 2.75) is 13.8 Å². The van der Waals surface area contributed by atoms with E-state index in [1.807, 2.05) is 32.0 Å². The van der Waals surface area contributed by atoms with Crippen molar-refractivity contribution in [1.82, 2.24) is 5.32 Å². The quantitative estimate of drug-likeness (QED) is 0.587. The monoisotopic (exact) mass is 221 g/mol. The highest BCUT2D eigenvalue weighted by Crippen LogP contribution is 2.12. The summed E-state index contributed by atoms with van der Waals surface area (Å²) in [6, 6.07) is 5.82.